The largest absolute Gasteiger partial charge is 0.490 e. The van der Waals surface area contributed by atoms with Crippen LogP contribution in [0.25, 0.3) is 16.9 Å². The summed E-state index contributed by atoms with van der Waals surface area (Å²) in [7, 11) is 0. The Morgan fingerprint density at radius 2 is 1.47 bits per heavy atom. The molecule has 1 aliphatic rings. The average Bonchev–Trinajstić information content (AvgIpc) is 3.21. The minimum Gasteiger partial charge on any atom is -0.490 e. The van der Waals surface area contributed by atoms with Crippen LogP contribution in [0.1, 0.15) is 27.1 Å². The highest BCUT2D eigenvalue weighted by atomic mass is 16.5. The Morgan fingerprint density at radius 1 is 0.794 bits per heavy atom. The standard InChI is InChI=1S/C26H22N4O4/c31-25(19-12-13-22-23(16-19)34-15-7-14-33-22)27-28-26(32)21-17-30(20-10-5-2-6-11-20)29-24(21)18-8-3-1-4-9-18/h1-6,8-13,16-17H,7,14-15H2,(H,27,31)(H,28,32). The summed E-state index contributed by atoms with van der Waals surface area (Å²) in [6, 6.07) is 23.8. The molecule has 0 spiro atoms. The first-order chi connectivity index (χ1) is 16.7. The van der Waals surface area contributed by atoms with Crippen LogP contribution in [-0.2, 0) is 0 Å². The van der Waals surface area contributed by atoms with Gasteiger partial charge in [0.05, 0.1) is 24.5 Å². The van der Waals surface area contributed by atoms with E-state index in [1.54, 1.807) is 29.1 Å². The van der Waals surface area contributed by atoms with Crippen molar-refractivity contribution in [1.82, 2.24) is 20.6 Å². The van der Waals surface area contributed by atoms with E-state index in [2.05, 4.69) is 16.0 Å². The van der Waals surface area contributed by atoms with Crippen LogP contribution in [0.15, 0.2) is 85.1 Å². The Hall–Kier alpha value is -4.59. The number of hydrazine groups is 1. The van der Waals surface area contributed by atoms with Gasteiger partial charge in [-0.2, -0.15) is 5.10 Å². The summed E-state index contributed by atoms with van der Waals surface area (Å²) in [4.78, 5) is 25.8. The first-order valence-corrected chi connectivity index (χ1v) is 10.9. The van der Waals surface area contributed by atoms with Gasteiger partial charge in [0.1, 0.15) is 5.69 Å². The van der Waals surface area contributed by atoms with Crippen LogP contribution in [0.3, 0.4) is 0 Å². The van der Waals surface area contributed by atoms with E-state index in [0.717, 1.165) is 17.7 Å². The number of fused-ring (bicyclic) bond motifs is 1. The Balaban J connectivity index is 1.36. The monoisotopic (exact) mass is 454 g/mol. The van der Waals surface area contributed by atoms with Gasteiger partial charge in [0.2, 0.25) is 0 Å². The van der Waals surface area contributed by atoms with E-state index < -0.39 is 11.8 Å². The zero-order valence-electron chi connectivity index (χ0n) is 18.2. The second-order valence-electron chi connectivity index (χ2n) is 7.66. The van der Waals surface area contributed by atoms with Crippen LogP contribution in [-0.4, -0.2) is 34.8 Å². The lowest BCUT2D eigenvalue weighted by Crippen LogP contribution is -2.41. The van der Waals surface area contributed by atoms with Crippen molar-refractivity contribution in [2.75, 3.05) is 13.2 Å². The van der Waals surface area contributed by atoms with E-state index in [1.165, 1.54) is 0 Å². The van der Waals surface area contributed by atoms with Crippen molar-refractivity contribution in [3.05, 3.63) is 96.2 Å². The summed E-state index contributed by atoms with van der Waals surface area (Å²) in [5.74, 6) is 0.148. The lowest BCUT2D eigenvalue weighted by Gasteiger charge is -2.10. The van der Waals surface area contributed by atoms with Gasteiger partial charge in [-0.1, -0.05) is 48.5 Å². The summed E-state index contributed by atoms with van der Waals surface area (Å²) in [6.45, 7) is 1.08. The molecule has 170 valence electrons. The molecule has 3 aromatic carbocycles. The van der Waals surface area contributed by atoms with Crippen molar-refractivity contribution in [1.29, 1.82) is 0 Å². The number of carbonyl (C=O) groups excluding carboxylic acids is 2. The Bertz CT molecular complexity index is 1320. The number of ether oxygens (including phenoxy) is 2. The number of nitrogens with zero attached hydrogens (tertiary/aromatic N) is 2. The molecule has 0 saturated carbocycles. The molecule has 0 bridgehead atoms. The third-order valence-electron chi connectivity index (χ3n) is 5.33. The smallest absolute Gasteiger partial charge is 0.273 e. The predicted molar refractivity (Wildman–Crippen MR) is 126 cm³/mol. The van der Waals surface area contributed by atoms with E-state index in [-0.39, 0.29) is 0 Å². The summed E-state index contributed by atoms with van der Waals surface area (Å²) < 4.78 is 12.9. The first-order valence-electron chi connectivity index (χ1n) is 10.9. The fourth-order valence-corrected chi connectivity index (χ4v) is 3.62. The zero-order valence-corrected chi connectivity index (χ0v) is 18.2. The summed E-state index contributed by atoms with van der Waals surface area (Å²) in [6.07, 6.45) is 2.42. The van der Waals surface area contributed by atoms with Crippen molar-refractivity contribution in [2.24, 2.45) is 0 Å². The number of benzene rings is 3. The predicted octanol–water partition coefficient (Wildman–Crippen LogP) is 3.78. The number of rotatable bonds is 4. The molecule has 1 aliphatic heterocycles. The van der Waals surface area contributed by atoms with Crippen molar-refractivity contribution < 1.29 is 19.1 Å². The molecule has 0 radical (unpaired) electrons. The number of nitrogens with one attached hydrogen (secondary N) is 2. The van der Waals surface area contributed by atoms with Gasteiger partial charge in [-0.3, -0.25) is 20.4 Å². The molecule has 0 unspecified atom stereocenters. The number of hydrogen-bond donors (Lipinski definition) is 2. The van der Waals surface area contributed by atoms with E-state index in [0.29, 0.717) is 41.5 Å². The fourth-order valence-electron chi connectivity index (χ4n) is 3.62. The average molecular weight is 454 g/mol. The highest BCUT2D eigenvalue weighted by molar-refractivity contribution is 6.02. The highest BCUT2D eigenvalue weighted by Gasteiger charge is 2.20. The molecular formula is C26H22N4O4. The molecule has 0 atom stereocenters. The zero-order chi connectivity index (χ0) is 23.3. The van der Waals surface area contributed by atoms with Crippen molar-refractivity contribution >= 4 is 11.8 Å². The summed E-state index contributed by atoms with van der Waals surface area (Å²) in [5, 5.41) is 4.63. The SMILES string of the molecule is O=C(NNC(=O)c1cn(-c2ccccc2)nc1-c1ccccc1)c1ccc2c(c1)OCCCO2. The normalized spacial score (nSPS) is 12.5. The van der Waals surface area contributed by atoms with Gasteiger partial charge >= 0.3 is 0 Å². The molecule has 2 N–H and O–H groups in total. The number of aromatic nitrogens is 2. The summed E-state index contributed by atoms with van der Waals surface area (Å²) in [5.41, 5.74) is 7.75. The van der Waals surface area contributed by atoms with Gasteiger partial charge in [-0.05, 0) is 30.3 Å². The maximum atomic E-state index is 13.1. The van der Waals surface area contributed by atoms with Gasteiger partial charge in [0, 0.05) is 23.7 Å². The minimum absolute atomic E-state index is 0.328. The van der Waals surface area contributed by atoms with Crippen LogP contribution < -0.4 is 20.3 Å². The Morgan fingerprint density at radius 3 is 2.24 bits per heavy atom. The van der Waals surface area contributed by atoms with Crippen LogP contribution >= 0.6 is 0 Å². The molecule has 1 aromatic heterocycles. The van der Waals surface area contributed by atoms with Crippen LogP contribution in [0.4, 0.5) is 0 Å². The first kappa shape index (κ1) is 21.3. The van der Waals surface area contributed by atoms with Crippen LogP contribution in [0.5, 0.6) is 11.5 Å². The molecule has 2 amide bonds. The molecule has 8 heteroatoms. The maximum Gasteiger partial charge on any atom is 0.273 e. The lowest BCUT2D eigenvalue weighted by atomic mass is 10.1. The van der Waals surface area contributed by atoms with Crippen LogP contribution in [0.2, 0.25) is 0 Å². The van der Waals surface area contributed by atoms with Gasteiger partial charge in [-0.15, -0.1) is 0 Å². The van der Waals surface area contributed by atoms with Gasteiger partial charge in [0.25, 0.3) is 11.8 Å². The van der Waals surface area contributed by atoms with Crippen molar-refractivity contribution in [3.8, 4) is 28.4 Å². The van der Waals surface area contributed by atoms with E-state index in [1.807, 2.05) is 60.7 Å². The minimum atomic E-state index is -0.483. The van der Waals surface area contributed by atoms with Gasteiger partial charge < -0.3 is 9.47 Å². The van der Waals surface area contributed by atoms with Crippen molar-refractivity contribution in [3.63, 3.8) is 0 Å². The molecule has 4 aromatic rings. The molecule has 0 aliphatic carbocycles. The molecule has 5 rings (SSSR count). The molecule has 0 fully saturated rings. The number of carbonyl (C=O) groups is 2. The number of para-hydroxylation sites is 1. The number of amides is 2. The molecule has 8 nitrogen and oxygen atoms in total. The van der Waals surface area contributed by atoms with E-state index in [4.69, 9.17) is 9.47 Å². The van der Waals surface area contributed by atoms with Gasteiger partial charge in [0.15, 0.2) is 11.5 Å². The topological polar surface area (TPSA) is 94.5 Å². The molecule has 2 heterocycles. The second kappa shape index (κ2) is 9.50. The second-order valence-corrected chi connectivity index (χ2v) is 7.66. The Kier molecular flexibility index (Phi) is 5.94. The Labute approximate surface area is 196 Å². The molecule has 34 heavy (non-hydrogen) atoms. The highest BCUT2D eigenvalue weighted by Crippen LogP contribution is 2.30. The fraction of sp³-hybridized carbons (Fsp3) is 0.115. The van der Waals surface area contributed by atoms with E-state index >= 15 is 0 Å². The third-order valence-corrected chi connectivity index (χ3v) is 5.33. The van der Waals surface area contributed by atoms with E-state index in [9.17, 15) is 9.59 Å². The molecule has 0 saturated heterocycles. The maximum absolute atomic E-state index is 13.1. The quantitative estimate of drug-likeness (QED) is 0.458. The lowest BCUT2D eigenvalue weighted by molar-refractivity contribution is 0.0847. The van der Waals surface area contributed by atoms with Crippen LogP contribution in [0, 0.1) is 0 Å². The van der Waals surface area contributed by atoms with Crippen molar-refractivity contribution in [2.45, 2.75) is 6.42 Å². The number of hydrogen-bond acceptors (Lipinski definition) is 5. The molecular weight excluding hydrogens is 432 g/mol. The van der Waals surface area contributed by atoms with Gasteiger partial charge in [-0.25, -0.2) is 4.68 Å². The third kappa shape index (κ3) is 4.47. The summed E-state index contributed by atoms with van der Waals surface area (Å²) >= 11 is 0.